The van der Waals surface area contributed by atoms with Crippen LogP contribution in [0.25, 0.3) is 0 Å². The number of amides is 1. The van der Waals surface area contributed by atoms with Gasteiger partial charge in [0.25, 0.3) is 0 Å². The molecule has 0 aliphatic carbocycles. The summed E-state index contributed by atoms with van der Waals surface area (Å²) in [6.07, 6.45) is 1.71. The number of carbonyl (C=O) groups is 1. The number of aliphatic hydroxyl groups excluding tert-OH is 1. The van der Waals surface area contributed by atoms with E-state index in [9.17, 15) is 13.6 Å². The Morgan fingerprint density at radius 1 is 1.33 bits per heavy atom. The summed E-state index contributed by atoms with van der Waals surface area (Å²) in [5.41, 5.74) is -0.0464. The van der Waals surface area contributed by atoms with Crippen molar-refractivity contribution in [2.45, 2.75) is 32.7 Å². The smallest absolute Gasteiger partial charge is 0.238 e. The monoisotopic (exact) mass is 300 g/mol. The van der Waals surface area contributed by atoms with Crippen LogP contribution in [0.4, 0.5) is 14.5 Å². The summed E-state index contributed by atoms with van der Waals surface area (Å²) in [4.78, 5) is 13.8. The Bertz CT molecular complexity index is 465. The molecule has 0 radical (unpaired) electrons. The number of anilines is 1. The van der Waals surface area contributed by atoms with E-state index >= 15 is 0 Å². The van der Waals surface area contributed by atoms with Crippen molar-refractivity contribution in [1.82, 2.24) is 4.90 Å². The fourth-order valence-corrected chi connectivity index (χ4v) is 2.29. The summed E-state index contributed by atoms with van der Waals surface area (Å²) in [6.45, 7) is 4.41. The molecule has 0 aliphatic heterocycles. The van der Waals surface area contributed by atoms with Crippen molar-refractivity contribution < 1.29 is 18.7 Å². The first kappa shape index (κ1) is 17.5. The van der Waals surface area contributed by atoms with Crippen molar-refractivity contribution in [2.75, 3.05) is 25.0 Å². The van der Waals surface area contributed by atoms with Gasteiger partial charge in [-0.15, -0.1) is 0 Å². The molecule has 0 aliphatic rings. The van der Waals surface area contributed by atoms with Gasteiger partial charge in [0, 0.05) is 18.7 Å². The number of carbonyl (C=O) groups excluding carboxylic acids is 1. The van der Waals surface area contributed by atoms with E-state index in [1.165, 1.54) is 6.07 Å². The quantitative estimate of drug-likeness (QED) is 0.775. The third kappa shape index (κ3) is 5.40. The van der Waals surface area contributed by atoms with E-state index in [-0.39, 0.29) is 30.8 Å². The molecule has 0 aromatic heterocycles. The molecule has 4 nitrogen and oxygen atoms in total. The molecule has 0 bridgehead atoms. The lowest BCUT2D eigenvalue weighted by molar-refractivity contribution is -0.118. The largest absolute Gasteiger partial charge is 0.395 e. The van der Waals surface area contributed by atoms with Crippen LogP contribution >= 0.6 is 0 Å². The zero-order valence-corrected chi connectivity index (χ0v) is 12.4. The van der Waals surface area contributed by atoms with Gasteiger partial charge in [-0.05, 0) is 25.0 Å². The van der Waals surface area contributed by atoms with E-state index in [4.69, 9.17) is 5.11 Å². The first-order valence-electron chi connectivity index (χ1n) is 7.11. The molecular weight excluding hydrogens is 278 g/mol. The van der Waals surface area contributed by atoms with Crippen LogP contribution in [0.2, 0.25) is 0 Å². The first-order valence-corrected chi connectivity index (χ1v) is 7.11. The lowest BCUT2D eigenvalue weighted by atomic mass is 10.1. The standard InChI is InChI=1S/C15H22F2N2O2/c1-3-12(4-2)19(7-8-20)10-15(21)18-14-6-5-11(16)9-13(14)17/h5-6,9,12,20H,3-4,7-8,10H2,1-2H3,(H,18,21). The molecule has 0 atom stereocenters. The molecule has 0 spiro atoms. The molecule has 1 aromatic carbocycles. The highest BCUT2D eigenvalue weighted by molar-refractivity contribution is 5.92. The normalized spacial score (nSPS) is 11.2. The Balaban J connectivity index is 2.69. The van der Waals surface area contributed by atoms with Crippen LogP contribution in [0.3, 0.4) is 0 Å². The number of nitrogens with zero attached hydrogens (tertiary/aromatic N) is 1. The van der Waals surface area contributed by atoms with E-state index in [2.05, 4.69) is 5.32 Å². The highest BCUT2D eigenvalue weighted by Crippen LogP contribution is 2.15. The Hall–Kier alpha value is -1.53. The van der Waals surface area contributed by atoms with Gasteiger partial charge in [0.15, 0.2) is 0 Å². The molecule has 0 saturated carbocycles. The average molecular weight is 300 g/mol. The predicted octanol–water partition coefficient (Wildman–Crippen LogP) is 2.39. The van der Waals surface area contributed by atoms with E-state index in [1.807, 2.05) is 18.7 Å². The van der Waals surface area contributed by atoms with Crippen LogP contribution in [-0.4, -0.2) is 41.7 Å². The molecule has 2 N–H and O–H groups in total. The summed E-state index contributed by atoms with van der Waals surface area (Å²) in [6, 6.07) is 3.18. The summed E-state index contributed by atoms with van der Waals surface area (Å²) in [7, 11) is 0. The third-order valence-corrected chi connectivity index (χ3v) is 3.40. The molecular formula is C15H22F2N2O2. The van der Waals surface area contributed by atoms with E-state index < -0.39 is 11.6 Å². The van der Waals surface area contributed by atoms with Gasteiger partial charge in [-0.25, -0.2) is 8.78 Å². The Labute approximate surface area is 123 Å². The van der Waals surface area contributed by atoms with Gasteiger partial charge in [0.1, 0.15) is 11.6 Å². The number of aliphatic hydroxyl groups is 1. The van der Waals surface area contributed by atoms with E-state index in [0.717, 1.165) is 25.0 Å². The number of hydrogen-bond acceptors (Lipinski definition) is 3. The van der Waals surface area contributed by atoms with Gasteiger partial charge in [-0.3, -0.25) is 9.69 Å². The minimum absolute atomic E-state index is 0.0464. The highest BCUT2D eigenvalue weighted by atomic mass is 19.1. The predicted molar refractivity (Wildman–Crippen MR) is 78.0 cm³/mol. The molecule has 1 amide bonds. The summed E-state index contributed by atoms with van der Waals surface area (Å²) >= 11 is 0. The first-order chi connectivity index (χ1) is 10.0. The fraction of sp³-hybridized carbons (Fsp3) is 0.533. The number of rotatable bonds is 8. The minimum atomic E-state index is -0.806. The maximum absolute atomic E-state index is 13.5. The zero-order chi connectivity index (χ0) is 15.8. The van der Waals surface area contributed by atoms with Gasteiger partial charge in [-0.1, -0.05) is 13.8 Å². The van der Waals surface area contributed by atoms with Gasteiger partial charge in [0.05, 0.1) is 18.8 Å². The molecule has 0 saturated heterocycles. The van der Waals surface area contributed by atoms with Crippen LogP contribution in [0.5, 0.6) is 0 Å². The van der Waals surface area contributed by atoms with Crippen LogP contribution in [-0.2, 0) is 4.79 Å². The van der Waals surface area contributed by atoms with Crippen molar-refractivity contribution in [3.63, 3.8) is 0 Å². The minimum Gasteiger partial charge on any atom is -0.395 e. The molecule has 1 rings (SSSR count). The molecule has 6 heteroatoms. The van der Waals surface area contributed by atoms with Gasteiger partial charge in [-0.2, -0.15) is 0 Å². The van der Waals surface area contributed by atoms with Crippen LogP contribution in [0.15, 0.2) is 18.2 Å². The van der Waals surface area contributed by atoms with Gasteiger partial charge >= 0.3 is 0 Å². The second-order valence-corrected chi connectivity index (χ2v) is 4.84. The van der Waals surface area contributed by atoms with Gasteiger partial charge < -0.3 is 10.4 Å². The van der Waals surface area contributed by atoms with Crippen molar-refractivity contribution in [2.24, 2.45) is 0 Å². The highest BCUT2D eigenvalue weighted by Gasteiger charge is 2.18. The number of hydrogen-bond donors (Lipinski definition) is 2. The van der Waals surface area contributed by atoms with Crippen LogP contribution < -0.4 is 5.32 Å². The number of halogens is 2. The number of benzene rings is 1. The van der Waals surface area contributed by atoms with Crippen molar-refractivity contribution >= 4 is 11.6 Å². The Morgan fingerprint density at radius 2 is 2.00 bits per heavy atom. The number of nitrogens with one attached hydrogen (secondary N) is 1. The maximum Gasteiger partial charge on any atom is 0.238 e. The topological polar surface area (TPSA) is 52.6 Å². The Kier molecular flexibility index (Phi) is 7.25. The zero-order valence-electron chi connectivity index (χ0n) is 12.4. The van der Waals surface area contributed by atoms with Crippen molar-refractivity contribution in [3.8, 4) is 0 Å². The summed E-state index contributed by atoms with van der Waals surface area (Å²) < 4.78 is 26.3. The lowest BCUT2D eigenvalue weighted by Gasteiger charge is -2.29. The Morgan fingerprint density at radius 3 is 2.52 bits per heavy atom. The third-order valence-electron chi connectivity index (χ3n) is 3.40. The molecule has 0 unspecified atom stereocenters. The second kappa shape index (κ2) is 8.69. The molecule has 118 valence electrons. The van der Waals surface area contributed by atoms with E-state index in [0.29, 0.717) is 6.54 Å². The van der Waals surface area contributed by atoms with Gasteiger partial charge in [0.2, 0.25) is 5.91 Å². The van der Waals surface area contributed by atoms with Crippen molar-refractivity contribution in [3.05, 3.63) is 29.8 Å². The van der Waals surface area contributed by atoms with Crippen molar-refractivity contribution in [1.29, 1.82) is 0 Å². The van der Waals surface area contributed by atoms with Crippen LogP contribution in [0.1, 0.15) is 26.7 Å². The van der Waals surface area contributed by atoms with Crippen LogP contribution in [0, 0.1) is 11.6 Å². The summed E-state index contributed by atoms with van der Waals surface area (Å²) in [5, 5.41) is 11.5. The molecule has 1 aromatic rings. The van der Waals surface area contributed by atoms with E-state index in [1.54, 1.807) is 0 Å². The SMILES string of the molecule is CCC(CC)N(CCO)CC(=O)Nc1ccc(F)cc1F. The second-order valence-electron chi connectivity index (χ2n) is 4.84. The maximum atomic E-state index is 13.5. The average Bonchev–Trinajstić information content (AvgIpc) is 2.43. The lowest BCUT2D eigenvalue weighted by Crippen LogP contribution is -2.42. The molecule has 0 fully saturated rings. The molecule has 0 heterocycles. The fourth-order valence-electron chi connectivity index (χ4n) is 2.29. The molecule has 21 heavy (non-hydrogen) atoms. The summed E-state index contributed by atoms with van der Waals surface area (Å²) in [5.74, 6) is -1.88.